The Kier molecular flexibility index (Phi) is 25.9. The monoisotopic (exact) mass is 1310 g/mol. The number of ether oxygens (including phenoxy) is 15. The van der Waals surface area contributed by atoms with Crippen LogP contribution in [-0.4, -0.2) is 431 Å². The molecule has 41 nitrogen and oxygen atoms in total. The summed E-state index contributed by atoms with van der Waals surface area (Å²) in [5.41, 5.74) is 0. The predicted octanol–water partition coefficient (Wildman–Crippen LogP) is -18.5. The summed E-state index contributed by atoms with van der Waals surface area (Å²) in [6.45, 7) is -7.35. The predicted molar refractivity (Wildman–Crippen MR) is 264 cm³/mol. The van der Waals surface area contributed by atoms with Gasteiger partial charge in [-0.3, -0.25) is 0 Å². The second kappa shape index (κ2) is 31.5. The van der Waals surface area contributed by atoms with Gasteiger partial charge in [-0.2, -0.15) is 0 Å². The van der Waals surface area contributed by atoms with Gasteiger partial charge >= 0.3 is 0 Å². The Morgan fingerprint density at radius 2 is 0.393 bits per heavy atom. The fraction of sp³-hybridized carbons (Fsp3) is 1.00. The lowest BCUT2D eigenvalue weighted by atomic mass is 9.95. The molecule has 8 aliphatic heterocycles. The Labute approximate surface area is 501 Å². The average Bonchev–Trinajstić information content (AvgIpc) is 1.15. The number of hydrogen-bond donors (Lipinski definition) is 26. The first kappa shape index (κ1) is 73.2. The highest BCUT2D eigenvalue weighted by molar-refractivity contribution is 5.00. The van der Waals surface area contributed by atoms with Gasteiger partial charge in [0.15, 0.2) is 50.3 Å². The van der Waals surface area contributed by atoms with Gasteiger partial charge in [-0.15, -0.1) is 0 Å². The maximum absolute atomic E-state index is 11.4. The molecule has 41 heteroatoms. The van der Waals surface area contributed by atoms with E-state index in [1.165, 1.54) is 0 Å². The first-order chi connectivity index (χ1) is 42.1. The van der Waals surface area contributed by atoms with Gasteiger partial charge in [0.1, 0.15) is 195 Å². The minimum Gasteiger partial charge on any atom is -0.394 e. The number of rotatable bonds is 22. The minimum absolute atomic E-state index is 0.735. The van der Waals surface area contributed by atoms with E-state index in [0.717, 1.165) is 0 Å². The lowest BCUT2D eigenvalue weighted by Gasteiger charge is -2.49. The highest BCUT2D eigenvalue weighted by Gasteiger charge is 2.58. The molecule has 0 spiro atoms. The summed E-state index contributed by atoms with van der Waals surface area (Å²) in [7, 11) is 0. The van der Waals surface area contributed by atoms with Crippen LogP contribution in [0.25, 0.3) is 0 Å². The van der Waals surface area contributed by atoms with Crippen molar-refractivity contribution in [1.29, 1.82) is 0 Å². The quantitative estimate of drug-likeness (QED) is 0.0479. The van der Waals surface area contributed by atoms with Crippen molar-refractivity contribution in [2.75, 3.05) is 52.9 Å². The second-order valence-corrected chi connectivity index (χ2v) is 22.5. The van der Waals surface area contributed by atoms with E-state index in [2.05, 4.69) is 0 Å². The third kappa shape index (κ3) is 15.5. The molecule has 89 heavy (non-hydrogen) atoms. The molecule has 0 aromatic rings. The van der Waals surface area contributed by atoms with Crippen LogP contribution in [0.3, 0.4) is 0 Å². The van der Waals surface area contributed by atoms with Crippen LogP contribution in [0.1, 0.15) is 0 Å². The standard InChI is InChI=1S/C48H82O41/c49-1-9-17(54)21(58)30(67)42(79-9)75-6-14-18(55)22(59)31(68)43(83-14)76-7-15-19(56)23(60)32(69)44(84-15)77-8-16-20(57)24(61)33(70)45(85-16)87-38-11(3-51)81-47(35(72)26(38)63)89-40-13(5-53)82-48(36(73)28(40)65)88-39-12(4-52)80-46(34(71)27(39)64)86-37-10(2-50)78-41(74)29(66)25(37)62/h9-74H,1-8H2/t9-,10-,11-,12-,13-,14-,15-,16-,17-,18-,19-,20-,21+,22+,23+,24+,25-,26-,27-,28-,29-,30-,31-,32-,33-,34-,35-,36-,37-,38-,39-,40-,41?,42+,43+,44+,45-,46-,47-,48-/m1/s1. The van der Waals surface area contributed by atoms with Gasteiger partial charge in [0.25, 0.3) is 0 Å². The van der Waals surface area contributed by atoms with E-state index < -0.39 is 299 Å². The second-order valence-electron chi connectivity index (χ2n) is 22.5. The molecule has 8 fully saturated rings. The van der Waals surface area contributed by atoms with Crippen LogP contribution in [0.4, 0.5) is 0 Å². The zero-order chi connectivity index (χ0) is 65.4. The number of hydrogen-bond acceptors (Lipinski definition) is 41. The van der Waals surface area contributed by atoms with E-state index in [0.29, 0.717) is 0 Å². The number of aliphatic hydroxyl groups excluding tert-OH is 26. The van der Waals surface area contributed by atoms with Gasteiger partial charge < -0.3 is 204 Å². The topological polar surface area (TPSA) is 664 Å². The molecular formula is C48H82O41. The van der Waals surface area contributed by atoms with Gasteiger partial charge in [0.2, 0.25) is 0 Å². The highest BCUT2D eigenvalue weighted by atomic mass is 16.8. The SMILES string of the molecule is OC[C@H]1O[C@H](OC[C@H]2O[C@H](OC[C@H]3O[C@H](OC[C@H]4O[C@H](O[C@H]5[C@H](O)[C@@H](O)[C@@H](O[C@H]6[C@H](O)[C@@H](O)[C@@H](O[C@H]7[C@H](O)[C@@H](O)[C@@H](O[C@H]8[C@H](O)[C@@H](O)C(O)O[C@@H]8CO)O[C@@H]7CO)O[C@@H]6CO)O[C@@H]5CO)[C@H](O)[C@@H](O)[C@@H]4O)[C@H](O)[C@@H](O)[C@@H]3O)[C@H](O)[C@@H](O)[C@@H]2O)[C@H](O)[C@@H](O)[C@@H]1O. The van der Waals surface area contributed by atoms with Crippen LogP contribution in [0, 0.1) is 0 Å². The lowest BCUT2D eigenvalue weighted by molar-refractivity contribution is -0.393. The van der Waals surface area contributed by atoms with Crippen molar-refractivity contribution in [2.45, 2.75) is 246 Å². The van der Waals surface area contributed by atoms with Crippen molar-refractivity contribution >= 4 is 0 Å². The van der Waals surface area contributed by atoms with Crippen molar-refractivity contribution < 1.29 is 204 Å². The molecule has 0 radical (unpaired) electrons. The summed E-state index contributed by atoms with van der Waals surface area (Å²) in [5, 5.41) is 275. The molecule has 40 atom stereocenters. The Hall–Kier alpha value is -1.64. The average molecular weight is 1320 g/mol. The van der Waals surface area contributed by atoms with Crippen LogP contribution in [0.2, 0.25) is 0 Å². The molecule has 8 saturated heterocycles. The summed E-state index contributed by atoms with van der Waals surface area (Å²) in [4.78, 5) is 0. The molecule has 8 heterocycles. The molecular weight excluding hydrogens is 1230 g/mol. The first-order valence-electron chi connectivity index (χ1n) is 28.2. The van der Waals surface area contributed by atoms with E-state index in [4.69, 9.17) is 71.1 Å². The molecule has 0 saturated carbocycles. The van der Waals surface area contributed by atoms with Gasteiger partial charge in [0.05, 0.1) is 52.9 Å². The molecule has 1 unspecified atom stereocenters. The van der Waals surface area contributed by atoms with Gasteiger partial charge in [-0.25, -0.2) is 0 Å². The maximum Gasteiger partial charge on any atom is 0.187 e. The van der Waals surface area contributed by atoms with Crippen molar-refractivity contribution in [2.24, 2.45) is 0 Å². The first-order valence-corrected chi connectivity index (χ1v) is 28.2. The van der Waals surface area contributed by atoms with E-state index in [1.54, 1.807) is 0 Å². The van der Waals surface area contributed by atoms with Crippen molar-refractivity contribution in [1.82, 2.24) is 0 Å². The molecule has 0 amide bonds. The third-order valence-corrected chi connectivity index (χ3v) is 16.6. The summed E-state index contributed by atoms with van der Waals surface area (Å²) < 4.78 is 83.0. The summed E-state index contributed by atoms with van der Waals surface area (Å²) in [6, 6.07) is 0. The maximum atomic E-state index is 11.4. The molecule has 8 aliphatic rings. The lowest BCUT2D eigenvalue weighted by Crippen LogP contribution is -2.68. The summed E-state index contributed by atoms with van der Waals surface area (Å²) in [6.07, 6.45) is -77.2. The molecule has 0 bridgehead atoms. The summed E-state index contributed by atoms with van der Waals surface area (Å²) >= 11 is 0. The molecule has 0 aromatic heterocycles. The smallest absolute Gasteiger partial charge is 0.187 e. The van der Waals surface area contributed by atoms with Crippen LogP contribution < -0.4 is 0 Å². The van der Waals surface area contributed by atoms with E-state index >= 15 is 0 Å². The minimum atomic E-state index is -2.26. The van der Waals surface area contributed by atoms with Crippen molar-refractivity contribution in [3.05, 3.63) is 0 Å². The Bertz CT molecular complexity index is 2130. The van der Waals surface area contributed by atoms with Crippen LogP contribution in [0.5, 0.6) is 0 Å². The van der Waals surface area contributed by atoms with E-state index in [9.17, 15) is 133 Å². The molecule has 0 aliphatic carbocycles. The van der Waals surface area contributed by atoms with Crippen LogP contribution in [0.15, 0.2) is 0 Å². The Morgan fingerprint density at radius 3 is 0.674 bits per heavy atom. The Balaban J connectivity index is 0.841. The van der Waals surface area contributed by atoms with Crippen LogP contribution >= 0.6 is 0 Å². The van der Waals surface area contributed by atoms with Gasteiger partial charge in [-0.1, -0.05) is 0 Å². The third-order valence-electron chi connectivity index (χ3n) is 16.6. The largest absolute Gasteiger partial charge is 0.394 e. The normalized spacial score (nSPS) is 53.6. The molecule has 8 rings (SSSR count). The van der Waals surface area contributed by atoms with Gasteiger partial charge in [-0.05, 0) is 0 Å². The van der Waals surface area contributed by atoms with Gasteiger partial charge in [0, 0.05) is 0 Å². The van der Waals surface area contributed by atoms with Crippen molar-refractivity contribution in [3.8, 4) is 0 Å². The fourth-order valence-electron chi connectivity index (χ4n) is 11.2. The number of aliphatic hydroxyl groups is 26. The molecule has 0 aromatic carbocycles. The molecule has 26 N–H and O–H groups in total. The van der Waals surface area contributed by atoms with E-state index in [1.807, 2.05) is 0 Å². The zero-order valence-electron chi connectivity index (χ0n) is 46.5. The fourth-order valence-corrected chi connectivity index (χ4v) is 11.2. The van der Waals surface area contributed by atoms with Crippen molar-refractivity contribution in [3.63, 3.8) is 0 Å². The zero-order valence-corrected chi connectivity index (χ0v) is 46.5. The molecule has 520 valence electrons. The highest BCUT2D eigenvalue weighted by Crippen LogP contribution is 2.37. The van der Waals surface area contributed by atoms with Crippen LogP contribution in [-0.2, 0) is 71.1 Å². The van der Waals surface area contributed by atoms with E-state index in [-0.39, 0.29) is 0 Å². The summed E-state index contributed by atoms with van der Waals surface area (Å²) in [5.74, 6) is 0. The Morgan fingerprint density at radius 1 is 0.191 bits per heavy atom.